The van der Waals surface area contributed by atoms with Crippen LogP contribution < -0.4 is 0 Å². The average molecular weight is 277 g/mol. The van der Waals surface area contributed by atoms with E-state index >= 15 is 0 Å². The summed E-state index contributed by atoms with van der Waals surface area (Å²) in [6, 6.07) is 6.92. The maximum atomic E-state index is 12.8. The van der Waals surface area contributed by atoms with Crippen LogP contribution in [0.5, 0.6) is 0 Å². The summed E-state index contributed by atoms with van der Waals surface area (Å²) in [7, 11) is 0. The van der Waals surface area contributed by atoms with Crippen LogP contribution >= 0.6 is 0 Å². The molecule has 6 heteroatoms. The van der Waals surface area contributed by atoms with Gasteiger partial charge in [0.25, 0.3) is 0 Å². The first kappa shape index (κ1) is 12.7. The summed E-state index contributed by atoms with van der Waals surface area (Å²) in [5.41, 5.74) is 1.60. The summed E-state index contributed by atoms with van der Waals surface area (Å²) in [5, 5.41) is 4.25. The second kappa shape index (κ2) is 4.33. The van der Waals surface area contributed by atoms with Crippen LogP contribution in [0.4, 0.5) is 13.2 Å². The molecule has 3 aromatic rings. The minimum Gasteiger partial charge on any atom is -0.236 e. The zero-order valence-corrected chi connectivity index (χ0v) is 10.5. The molecule has 20 heavy (non-hydrogen) atoms. The topological polar surface area (TPSA) is 30.2 Å². The number of halogens is 3. The number of benzene rings is 1. The Hall–Kier alpha value is -2.37. The van der Waals surface area contributed by atoms with Crippen molar-refractivity contribution in [3.05, 3.63) is 54.0 Å². The van der Waals surface area contributed by atoms with E-state index in [1.165, 1.54) is 6.07 Å². The van der Waals surface area contributed by atoms with Gasteiger partial charge in [0, 0.05) is 18.0 Å². The van der Waals surface area contributed by atoms with Crippen LogP contribution in [0.2, 0.25) is 0 Å². The molecular weight excluding hydrogens is 267 g/mol. The maximum absolute atomic E-state index is 12.8. The van der Waals surface area contributed by atoms with Crippen molar-refractivity contribution in [2.45, 2.75) is 13.1 Å². The molecule has 0 fully saturated rings. The Morgan fingerprint density at radius 1 is 1.15 bits per heavy atom. The fraction of sp³-hybridized carbons (Fsp3) is 0.143. The third-order valence-corrected chi connectivity index (χ3v) is 3.05. The molecule has 0 aliphatic heterocycles. The number of nitrogens with zero attached hydrogens (tertiary/aromatic N) is 3. The van der Waals surface area contributed by atoms with Crippen LogP contribution in [-0.4, -0.2) is 14.6 Å². The van der Waals surface area contributed by atoms with E-state index in [2.05, 4.69) is 10.1 Å². The smallest absolute Gasteiger partial charge is 0.236 e. The molecule has 0 saturated heterocycles. The van der Waals surface area contributed by atoms with Crippen molar-refractivity contribution in [2.24, 2.45) is 0 Å². The lowest BCUT2D eigenvalue weighted by Crippen LogP contribution is -2.04. The first-order valence-corrected chi connectivity index (χ1v) is 5.94. The molecule has 3 nitrogen and oxygen atoms in total. The monoisotopic (exact) mass is 277 g/mol. The molecule has 0 aliphatic rings. The van der Waals surface area contributed by atoms with Gasteiger partial charge >= 0.3 is 6.18 Å². The normalized spacial score (nSPS) is 12.0. The van der Waals surface area contributed by atoms with Crippen molar-refractivity contribution < 1.29 is 13.2 Å². The summed E-state index contributed by atoms with van der Waals surface area (Å²) in [6.45, 7) is 1.75. The lowest BCUT2D eigenvalue weighted by atomic mass is 10.0. The molecule has 0 unspecified atom stereocenters. The van der Waals surface area contributed by atoms with E-state index in [1.54, 1.807) is 36.0 Å². The van der Waals surface area contributed by atoms with Gasteiger partial charge < -0.3 is 0 Å². The maximum Gasteiger partial charge on any atom is 0.416 e. The standard InChI is InChI=1S/C14H10F3N3/c1-9-12(13-18-6-3-7-20(13)19-9)10-4-2-5-11(8-10)14(15,16)17/h2-8H,1H3. The summed E-state index contributed by atoms with van der Waals surface area (Å²) in [4.78, 5) is 4.19. The lowest BCUT2D eigenvalue weighted by molar-refractivity contribution is -0.137. The predicted molar refractivity (Wildman–Crippen MR) is 68.2 cm³/mol. The van der Waals surface area contributed by atoms with Gasteiger partial charge in [-0.1, -0.05) is 12.1 Å². The van der Waals surface area contributed by atoms with E-state index in [-0.39, 0.29) is 0 Å². The average Bonchev–Trinajstić information content (AvgIpc) is 2.73. The Morgan fingerprint density at radius 2 is 1.95 bits per heavy atom. The van der Waals surface area contributed by atoms with Crippen LogP contribution in [-0.2, 0) is 6.18 Å². The molecule has 3 rings (SSSR count). The highest BCUT2D eigenvalue weighted by Gasteiger charge is 2.30. The van der Waals surface area contributed by atoms with Crippen molar-refractivity contribution in [2.75, 3.05) is 0 Å². The van der Waals surface area contributed by atoms with Crippen molar-refractivity contribution in [1.82, 2.24) is 14.6 Å². The second-order valence-corrected chi connectivity index (χ2v) is 4.43. The van der Waals surface area contributed by atoms with E-state index < -0.39 is 11.7 Å². The molecule has 0 saturated carbocycles. The molecule has 0 N–H and O–H groups in total. The molecule has 0 atom stereocenters. The zero-order valence-electron chi connectivity index (χ0n) is 10.5. The fourth-order valence-corrected chi connectivity index (χ4v) is 2.19. The fourth-order valence-electron chi connectivity index (χ4n) is 2.19. The van der Waals surface area contributed by atoms with Gasteiger partial charge in [-0.05, 0) is 30.7 Å². The van der Waals surface area contributed by atoms with Crippen molar-refractivity contribution in [3.63, 3.8) is 0 Å². The summed E-state index contributed by atoms with van der Waals surface area (Å²) >= 11 is 0. The van der Waals surface area contributed by atoms with Gasteiger partial charge in [-0.3, -0.25) is 0 Å². The number of hydrogen-bond donors (Lipinski definition) is 0. The zero-order chi connectivity index (χ0) is 14.3. The van der Waals surface area contributed by atoms with Gasteiger partial charge in [-0.15, -0.1) is 0 Å². The van der Waals surface area contributed by atoms with Crippen LogP contribution in [0.1, 0.15) is 11.3 Å². The number of aromatic nitrogens is 3. The molecule has 0 spiro atoms. The third-order valence-electron chi connectivity index (χ3n) is 3.05. The molecule has 0 amide bonds. The Labute approximate surface area is 112 Å². The van der Waals surface area contributed by atoms with Gasteiger partial charge in [0.05, 0.1) is 11.3 Å². The van der Waals surface area contributed by atoms with Crippen LogP contribution in [0, 0.1) is 6.92 Å². The molecule has 2 heterocycles. The first-order chi connectivity index (χ1) is 9.47. The van der Waals surface area contributed by atoms with Crippen molar-refractivity contribution in [1.29, 1.82) is 0 Å². The molecule has 1 aromatic carbocycles. The SMILES string of the molecule is Cc1nn2cccnc2c1-c1cccc(C(F)(F)F)c1. The van der Waals surface area contributed by atoms with Crippen molar-refractivity contribution in [3.8, 4) is 11.1 Å². The third kappa shape index (κ3) is 2.03. The Bertz CT molecular complexity index is 775. The number of alkyl halides is 3. The van der Waals surface area contributed by atoms with Crippen LogP contribution in [0.15, 0.2) is 42.7 Å². The molecule has 2 aromatic heterocycles. The first-order valence-electron chi connectivity index (χ1n) is 5.94. The van der Waals surface area contributed by atoms with Gasteiger partial charge in [0.1, 0.15) is 0 Å². The Kier molecular flexibility index (Phi) is 2.74. The highest BCUT2D eigenvalue weighted by atomic mass is 19.4. The number of rotatable bonds is 1. The highest BCUT2D eigenvalue weighted by Crippen LogP contribution is 2.34. The molecule has 0 bridgehead atoms. The highest BCUT2D eigenvalue weighted by molar-refractivity contribution is 5.79. The van der Waals surface area contributed by atoms with Gasteiger partial charge in [0.15, 0.2) is 5.65 Å². The molecule has 0 aliphatic carbocycles. The van der Waals surface area contributed by atoms with Gasteiger partial charge in [0.2, 0.25) is 0 Å². The quantitative estimate of drug-likeness (QED) is 0.678. The van der Waals surface area contributed by atoms with E-state index in [1.807, 2.05) is 0 Å². The molecular formula is C14H10F3N3. The Balaban J connectivity index is 2.24. The largest absolute Gasteiger partial charge is 0.416 e. The van der Waals surface area contributed by atoms with Crippen LogP contribution in [0.25, 0.3) is 16.8 Å². The molecule has 102 valence electrons. The number of fused-ring (bicyclic) bond motifs is 1. The van der Waals surface area contributed by atoms with E-state index in [9.17, 15) is 13.2 Å². The summed E-state index contributed by atoms with van der Waals surface area (Å²) in [5.74, 6) is 0. The summed E-state index contributed by atoms with van der Waals surface area (Å²) in [6.07, 6.45) is -1.06. The van der Waals surface area contributed by atoms with Gasteiger partial charge in [-0.2, -0.15) is 18.3 Å². The second-order valence-electron chi connectivity index (χ2n) is 4.43. The van der Waals surface area contributed by atoms with E-state index in [0.29, 0.717) is 22.5 Å². The number of aryl methyl sites for hydroxylation is 1. The number of hydrogen-bond acceptors (Lipinski definition) is 2. The molecule has 0 radical (unpaired) electrons. The Morgan fingerprint density at radius 3 is 2.70 bits per heavy atom. The minimum atomic E-state index is -4.36. The van der Waals surface area contributed by atoms with E-state index in [0.717, 1.165) is 12.1 Å². The van der Waals surface area contributed by atoms with E-state index in [4.69, 9.17) is 0 Å². The van der Waals surface area contributed by atoms with Crippen LogP contribution in [0.3, 0.4) is 0 Å². The minimum absolute atomic E-state index is 0.464. The predicted octanol–water partition coefficient (Wildman–Crippen LogP) is 3.72. The van der Waals surface area contributed by atoms with Gasteiger partial charge in [-0.25, -0.2) is 9.50 Å². The summed E-state index contributed by atoms with van der Waals surface area (Å²) < 4.78 is 39.9. The van der Waals surface area contributed by atoms with Crippen molar-refractivity contribution >= 4 is 5.65 Å². The lowest BCUT2D eigenvalue weighted by Gasteiger charge is -2.08.